The van der Waals surface area contributed by atoms with Gasteiger partial charge in [0, 0.05) is 41.3 Å². The van der Waals surface area contributed by atoms with E-state index in [-0.39, 0.29) is 10.9 Å². The minimum absolute atomic E-state index is 0.0626. The molecule has 0 atom stereocenters. The predicted molar refractivity (Wildman–Crippen MR) is 109 cm³/mol. The molecule has 2 aromatic carbocycles. The van der Waals surface area contributed by atoms with E-state index in [1.807, 2.05) is 12.1 Å². The minimum Gasteiger partial charge on any atom is -0.478 e. The van der Waals surface area contributed by atoms with Crippen LogP contribution in [0.1, 0.15) is 34.6 Å². The molecule has 0 saturated heterocycles. The number of carbonyl (C=O) groups excluding carboxylic acids is 1. The molecule has 0 aliphatic heterocycles. The van der Waals surface area contributed by atoms with Gasteiger partial charge in [0.1, 0.15) is 0 Å². The number of nitrogens with zero attached hydrogens (tertiary/aromatic N) is 2. The van der Waals surface area contributed by atoms with Crippen molar-refractivity contribution in [2.24, 2.45) is 0 Å². The smallest absolute Gasteiger partial charge is 0.337 e. The van der Waals surface area contributed by atoms with E-state index in [0.29, 0.717) is 10.9 Å². The molecule has 0 aliphatic rings. The van der Waals surface area contributed by atoms with E-state index in [1.165, 1.54) is 6.07 Å². The van der Waals surface area contributed by atoms with Crippen LogP contribution in [-0.2, 0) is 0 Å². The molecule has 1 aromatic heterocycles. The van der Waals surface area contributed by atoms with Crippen LogP contribution in [0.25, 0.3) is 10.8 Å². The quantitative estimate of drug-likeness (QED) is 0.687. The Kier molecular flexibility index (Phi) is 5.44. The maximum atomic E-state index is 12.6. The molecule has 144 valence electrons. The highest BCUT2D eigenvalue weighted by molar-refractivity contribution is 6.04. The Morgan fingerprint density at radius 2 is 1.61 bits per heavy atom. The first-order valence-electron chi connectivity index (χ1n) is 9.00. The van der Waals surface area contributed by atoms with Gasteiger partial charge < -0.3 is 10.0 Å². The van der Waals surface area contributed by atoms with Gasteiger partial charge in [0.05, 0.1) is 5.56 Å². The zero-order valence-corrected chi connectivity index (χ0v) is 15.7. The third-order valence-corrected chi connectivity index (χ3v) is 4.64. The van der Waals surface area contributed by atoms with Gasteiger partial charge in [-0.05, 0) is 44.2 Å². The van der Waals surface area contributed by atoms with Gasteiger partial charge in [0.2, 0.25) is 0 Å². The SMILES string of the molecule is CCN(CC)c1ccc(C(=O)Nn2cc(C(=O)O)c3ccccc3c2=O)cc1. The van der Waals surface area contributed by atoms with Crippen LogP contribution in [0.15, 0.2) is 59.5 Å². The number of nitrogens with one attached hydrogen (secondary N) is 1. The number of fused-ring (bicyclic) bond motifs is 1. The van der Waals surface area contributed by atoms with Gasteiger partial charge in [0.25, 0.3) is 11.5 Å². The molecule has 7 heteroatoms. The van der Waals surface area contributed by atoms with Crippen molar-refractivity contribution < 1.29 is 14.7 Å². The number of benzene rings is 2. The number of hydrogen-bond donors (Lipinski definition) is 2. The molecule has 0 fully saturated rings. The number of carbonyl (C=O) groups is 2. The maximum absolute atomic E-state index is 12.6. The zero-order valence-electron chi connectivity index (χ0n) is 15.7. The van der Waals surface area contributed by atoms with E-state index >= 15 is 0 Å². The van der Waals surface area contributed by atoms with Gasteiger partial charge in [-0.15, -0.1) is 0 Å². The van der Waals surface area contributed by atoms with Crippen molar-refractivity contribution in [3.8, 4) is 0 Å². The van der Waals surface area contributed by atoms with E-state index < -0.39 is 17.4 Å². The van der Waals surface area contributed by atoms with E-state index in [1.54, 1.807) is 30.3 Å². The Morgan fingerprint density at radius 3 is 2.18 bits per heavy atom. The summed E-state index contributed by atoms with van der Waals surface area (Å²) in [5.74, 6) is -1.68. The Labute approximate surface area is 161 Å². The van der Waals surface area contributed by atoms with E-state index in [0.717, 1.165) is 29.6 Å². The number of anilines is 1. The molecule has 28 heavy (non-hydrogen) atoms. The van der Waals surface area contributed by atoms with E-state index in [2.05, 4.69) is 24.2 Å². The van der Waals surface area contributed by atoms with Crippen molar-refractivity contribution in [2.45, 2.75) is 13.8 Å². The van der Waals surface area contributed by atoms with Crippen LogP contribution in [0, 0.1) is 0 Å². The number of rotatable bonds is 6. The maximum Gasteiger partial charge on any atom is 0.337 e. The molecule has 7 nitrogen and oxygen atoms in total. The molecular weight excluding hydrogens is 358 g/mol. The lowest BCUT2D eigenvalue weighted by Crippen LogP contribution is -2.33. The first-order chi connectivity index (χ1) is 13.5. The first-order valence-corrected chi connectivity index (χ1v) is 9.00. The standard InChI is InChI=1S/C21H21N3O4/c1-3-23(4-2)15-11-9-14(10-12-15)19(25)22-24-13-18(21(27)28)16-7-5-6-8-17(16)20(24)26/h5-13H,3-4H2,1-2H3,(H,22,25)(H,27,28). The molecule has 1 heterocycles. The van der Waals surface area contributed by atoms with Gasteiger partial charge >= 0.3 is 5.97 Å². The largest absolute Gasteiger partial charge is 0.478 e. The van der Waals surface area contributed by atoms with Crippen LogP contribution in [-0.4, -0.2) is 34.7 Å². The van der Waals surface area contributed by atoms with Crippen molar-refractivity contribution in [1.82, 2.24) is 4.68 Å². The Morgan fingerprint density at radius 1 is 1.00 bits per heavy atom. The van der Waals surface area contributed by atoms with Crippen LogP contribution in [0.2, 0.25) is 0 Å². The van der Waals surface area contributed by atoms with Crippen LogP contribution < -0.4 is 15.9 Å². The fourth-order valence-electron chi connectivity index (χ4n) is 3.13. The second-order valence-electron chi connectivity index (χ2n) is 6.23. The summed E-state index contributed by atoms with van der Waals surface area (Å²) in [6.07, 6.45) is 1.13. The Balaban J connectivity index is 1.94. The number of amides is 1. The number of pyridine rings is 1. The van der Waals surface area contributed by atoms with Crippen LogP contribution in [0.3, 0.4) is 0 Å². The summed E-state index contributed by atoms with van der Waals surface area (Å²) in [6, 6.07) is 13.4. The molecule has 0 saturated carbocycles. The number of hydrogen-bond acceptors (Lipinski definition) is 4. The second kappa shape index (κ2) is 7.96. The third kappa shape index (κ3) is 3.59. The molecule has 3 aromatic rings. The lowest BCUT2D eigenvalue weighted by molar-refractivity contribution is 0.0697. The summed E-state index contributed by atoms with van der Waals surface area (Å²) >= 11 is 0. The molecule has 0 aliphatic carbocycles. The molecule has 1 amide bonds. The third-order valence-electron chi connectivity index (χ3n) is 4.64. The number of carboxylic acids is 1. The van der Waals surface area contributed by atoms with Crippen LogP contribution >= 0.6 is 0 Å². The topological polar surface area (TPSA) is 91.6 Å². The molecule has 0 radical (unpaired) electrons. The van der Waals surface area contributed by atoms with Crippen molar-refractivity contribution >= 4 is 28.3 Å². The summed E-state index contributed by atoms with van der Waals surface area (Å²) in [5, 5.41) is 10.00. The van der Waals surface area contributed by atoms with E-state index in [9.17, 15) is 19.5 Å². The normalized spacial score (nSPS) is 10.6. The fraction of sp³-hybridized carbons (Fsp3) is 0.190. The van der Waals surface area contributed by atoms with Gasteiger partial charge in [0.15, 0.2) is 0 Å². The lowest BCUT2D eigenvalue weighted by atomic mass is 10.1. The highest BCUT2D eigenvalue weighted by Gasteiger charge is 2.15. The van der Waals surface area contributed by atoms with Gasteiger partial charge in [-0.1, -0.05) is 18.2 Å². The summed E-state index contributed by atoms with van der Waals surface area (Å²) < 4.78 is 0.923. The number of aromatic carboxylic acids is 1. The summed E-state index contributed by atoms with van der Waals surface area (Å²) in [6.45, 7) is 5.81. The van der Waals surface area contributed by atoms with Crippen molar-refractivity contribution in [3.05, 3.63) is 76.2 Å². The fourth-order valence-corrected chi connectivity index (χ4v) is 3.13. The van der Waals surface area contributed by atoms with E-state index in [4.69, 9.17) is 0 Å². The van der Waals surface area contributed by atoms with Gasteiger partial charge in [-0.3, -0.25) is 15.0 Å². The molecule has 3 rings (SSSR count). The van der Waals surface area contributed by atoms with Gasteiger partial charge in [-0.2, -0.15) is 0 Å². The molecular formula is C21H21N3O4. The van der Waals surface area contributed by atoms with Crippen LogP contribution in [0.5, 0.6) is 0 Å². The van der Waals surface area contributed by atoms with Crippen molar-refractivity contribution in [1.29, 1.82) is 0 Å². The Bertz CT molecular complexity index is 1080. The van der Waals surface area contributed by atoms with Crippen molar-refractivity contribution in [2.75, 3.05) is 23.4 Å². The summed E-state index contributed by atoms with van der Waals surface area (Å²) in [7, 11) is 0. The molecule has 0 bridgehead atoms. The van der Waals surface area contributed by atoms with Crippen LogP contribution in [0.4, 0.5) is 5.69 Å². The molecule has 0 unspecified atom stereocenters. The first kappa shape index (κ1) is 19.2. The average molecular weight is 379 g/mol. The lowest BCUT2D eigenvalue weighted by Gasteiger charge is -2.21. The predicted octanol–water partition coefficient (Wildman–Crippen LogP) is 2.93. The second-order valence-corrected chi connectivity index (χ2v) is 6.23. The summed E-state index contributed by atoms with van der Waals surface area (Å²) in [5.41, 5.74) is 3.29. The van der Waals surface area contributed by atoms with Crippen molar-refractivity contribution in [3.63, 3.8) is 0 Å². The molecule has 0 spiro atoms. The average Bonchev–Trinajstić information content (AvgIpc) is 2.71. The highest BCUT2D eigenvalue weighted by atomic mass is 16.4. The summed E-state index contributed by atoms with van der Waals surface area (Å²) in [4.78, 5) is 38.9. The number of aromatic nitrogens is 1. The number of carboxylic acid groups (broad SMARTS) is 1. The highest BCUT2D eigenvalue weighted by Crippen LogP contribution is 2.16. The zero-order chi connectivity index (χ0) is 20.3. The minimum atomic E-state index is -1.18. The van der Waals surface area contributed by atoms with Gasteiger partial charge in [-0.25, -0.2) is 9.47 Å². The molecule has 2 N–H and O–H groups in total. The monoisotopic (exact) mass is 379 g/mol. The Hall–Kier alpha value is -3.61.